The first-order valence-electron chi connectivity index (χ1n) is 9.26. The lowest BCUT2D eigenvalue weighted by molar-refractivity contribution is -0.116. The van der Waals surface area contributed by atoms with Crippen LogP contribution in [0.15, 0.2) is 48.5 Å². The Morgan fingerprint density at radius 3 is 2.52 bits per heavy atom. The van der Waals surface area contributed by atoms with Gasteiger partial charge in [-0.25, -0.2) is 4.68 Å². The summed E-state index contributed by atoms with van der Waals surface area (Å²) < 4.78 is 6.86. The summed E-state index contributed by atoms with van der Waals surface area (Å²) in [6, 6.07) is 13.1. The molecule has 0 atom stereocenters. The van der Waals surface area contributed by atoms with Crippen LogP contribution in [0.5, 0.6) is 5.75 Å². The van der Waals surface area contributed by atoms with E-state index in [0.29, 0.717) is 24.7 Å². The molecule has 0 aliphatic rings. The molecule has 8 heteroatoms. The molecular formula is C21H24N6O2. The number of carbonyl (C=O) groups is 1. The third-order valence-electron chi connectivity index (χ3n) is 4.15. The number of ether oxygens (including phenoxy) is 1. The van der Waals surface area contributed by atoms with Gasteiger partial charge in [0.05, 0.1) is 12.8 Å². The largest absolute Gasteiger partial charge is 0.497 e. The van der Waals surface area contributed by atoms with Crippen molar-refractivity contribution < 1.29 is 9.53 Å². The Morgan fingerprint density at radius 2 is 1.90 bits per heavy atom. The lowest BCUT2D eigenvalue weighted by atomic mass is 10.2. The number of hydrogen-bond acceptors (Lipinski definition) is 6. The summed E-state index contributed by atoms with van der Waals surface area (Å²) in [7, 11) is 1.62. The number of benzene rings is 1. The van der Waals surface area contributed by atoms with Gasteiger partial charge in [0.2, 0.25) is 5.91 Å². The number of anilines is 1. The number of nitrogens with zero attached hydrogens (tertiary/aromatic N) is 4. The van der Waals surface area contributed by atoms with Crippen molar-refractivity contribution in [3.8, 4) is 11.6 Å². The fourth-order valence-electron chi connectivity index (χ4n) is 2.72. The Bertz CT molecular complexity index is 977. The van der Waals surface area contributed by atoms with Crippen molar-refractivity contribution in [2.45, 2.75) is 13.8 Å². The van der Waals surface area contributed by atoms with E-state index >= 15 is 0 Å². The number of aryl methyl sites for hydroxylation is 2. The average molecular weight is 392 g/mol. The van der Waals surface area contributed by atoms with Crippen molar-refractivity contribution in [2.75, 3.05) is 25.5 Å². The van der Waals surface area contributed by atoms with E-state index < -0.39 is 0 Å². The number of nitrogens with one attached hydrogen (secondary N) is 2. The van der Waals surface area contributed by atoms with Gasteiger partial charge in [0, 0.05) is 24.9 Å². The van der Waals surface area contributed by atoms with Gasteiger partial charge in [0.1, 0.15) is 11.6 Å². The zero-order valence-electron chi connectivity index (χ0n) is 16.7. The molecular weight excluding hydrogens is 368 g/mol. The maximum atomic E-state index is 11.9. The molecule has 2 N–H and O–H groups in total. The second-order valence-corrected chi connectivity index (χ2v) is 6.44. The summed E-state index contributed by atoms with van der Waals surface area (Å²) in [6.45, 7) is 4.91. The van der Waals surface area contributed by atoms with E-state index in [1.807, 2.05) is 56.3 Å². The van der Waals surface area contributed by atoms with Crippen molar-refractivity contribution in [3.05, 3.63) is 65.5 Å². The second kappa shape index (κ2) is 9.50. The fraction of sp³-hybridized carbons (Fsp3) is 0.238. The van der Waals surface area contributed by atoms with Crippen LogP contribution in [0.4, 0.5) is 5.82 Å². The van der Waals surface area contributed by atoms with Crippen LogP contribution < -0.4 is 15.4 Å². The molecule has 0 bridgehead atoms. The molecule has 0 spiro atoms. The first kappa shape index (κ1) is 20.1. The molecule has 150 valence electrons. The highest BCUT2D eigenvalue weighted by atomic mass is 16.5. The van der Waals surface area contributed by atoms with E-state index in [9.17, 15) is 4.79 Å². The summed E-state index contributed by atoms with van der Waals surface area (Å²) in [5.74, 6) is 1.92. The average Bonchev–Trinajstić information content (AvgIpc) is 3.08. The molecule has 0 aliphatic carbocycles. The topological polar surface area (TPSA) is 94.0 Å². The highest BCUT2D eigenvalue weighted by Crippen LogP contribution is 2.12. The lowest BCUT2D eigenvalue weighted by Crippen LogP contribution is -2.27. The van der Waals surface area contributed by atoms with Crippen molar-refractivity contribution in [3.63, 3.8) is 0 Å². The van der Waals surface area contributed by atoms with Crippen LogP contribution in [0.1, 0.15) is 17.0 Å². The van der Waals surface area contributed by atoms with Gasteiger partial charge in [-0.2, -0.15) is 5.10 Å². The van der Waals surface area contributed by atoms with Crippen molar-refractivity contribution in [2.24, 2.45) is 0 Å². The first-order valence-corrected chi connectivity index (χ1v) is 9.26. The zero-order chi connectivity index (χ0) is 20.6. The predicted molar refractivity (Wildman–Crippen MR) is 112 cm³/mol. The number of hydrogen-bond donors (Lipinski definition) is 2. The SMILES string of the molecule is COc1ccc(/C=C/C(=O)NCCNc2ccc(-n3nc(C)cc3C)nn2)cc1. The van der Waals surface area contributed by atoms with E-state index in [2.05, 4.69) is 25.9 Å². The van der Waals surface area contributed by atoms with Crippen molar-refractivity contribution in [1.29, 1.82) is 0 Å². The maximum absolute atomic E-state index is 11.9. The molecule has 3 aromatic rings. The Labute approximate surface area is 169 Å². The van der Waals surface area contributed by atoms with Gasteiger partial charge in [0.15, 0.2) is 5.82 Å². The maximum Gasteiger partial charge on any atom is 0.244 e. The monoisotopic (exact) mass is 392 g/mol. The summed E-state index contributed by atoms with van der Waals surface area (Å²) in [5, 5.41) is 18.7. The third kappa shape index (κ3) is 5.65. The molecule has 2 heterocycles. The van der Waals surface area contributed by atoms with Crippen LogP contribution in [-0.4, -0.2) is 46.1 Å². The van der Waals surface area contributed by atoms with Gasteiger partial charge in [-0.15, -0.1) is 10.2 Å². The minimum absolute atomic E-state index is 0.159. The Balaban J connectivity index is 1.42. The van der Waals surface area contributed by atoms with E-state index in [1.165, 1.54) is 6.08 Å². The molecule has 3 rings (SSSR count). The molecule has 29 heavy (non-hydrogen) atoms. The highest BCUT2D eigenvalue weighted by molar-refractivity contribution is 5.91. The molecule has 0 radical (unpaired) electrons. The Morgan fingerprint density at radius 1 is 1.10 bits per heavy atom. The molecule has 2 aromatic heterocycles. The van der Waals surface area contributed by atoms with Crippen LogP contribution in [0.25, 0.3) is 11.9 Å². The van der Waals surface area contributed by atoms with Gasteiger partial charge < -0.3 is 15.4 Å². The smallest absolute Gasteiger partial charge is 0.244 e. The second-order valence-electron chi connectivity index (χ2n) is 6.44. The normalized spacial score (nSPS) is 10.9. The quantitative estimate of drug-likeness (QED) is 0.452. The van der Waals surface area contributed by atoms with Crippen LogP contribution in [0.3, 0.4) is 0 Å². The number of aromatic nitrogens is 4. The number of rotatable bonds is 8. The Hall–Kier alpha value is -3.68. The van der Waals surface area contributed by atoms with Crippen molar-refractivity contribution in [1.82, 2.24) is 25.3 Å². The standard InChI is InChI=1S/C21H24N6O2/c1-15-14-16(2)27(26-15)20-10-9-19(24-25-20)22-12-13-23-21(28)11-6-17-4-7-18(29-3)8-5-17/h4-11,14H,12-13H2,1-3H3,(H,22,24)(H,23,28)/b11-6+. The third-order valence-corrected chi connectivity index (χ3v) is 4.15. The predicted octanol–water partition coefficient (Wildman–Crippen LogP) is 2.53. The van der Waals surface area contributed by atoms with E-state index in [1.54, 1.807) is 17.9 Å². The minimum atomic E-state index is -0.159. The van der Waals surface area contributed by atoms with Crippen LogP contribution in [-0.2, 0) is 4.79 Å². The van der Waals surface area contributed by atoms with Gasteiger partial charge in [-0.1, -0.05) is 12.1 Å². The fourth-order valence-corrected chi connectivity index (χ4v) is 2.72. The summed E-state index contributed by atoms with van der Waals surface area (Å²) in [5.41, 5.74) is 2.86. The molecule has 0 fully saturated rings. The molecule has 1 amide bonds. The molecule has 0 aliphatic heterocycles. The molecule has 0 saturated heterocycles. The number of amides is 1. The first-order chi connectivity index (χ1) is 14.0. The van der Waals surface area contributed by atoms with Crippen LogP contribution in [0.2, 0.25) is 0 Å². The van der Waals surface area contributed by atoms with E-state index in [0.717, 1.165) is 22.7 Å². The molecule has 0 unspecified atom stereocenters. The highest BCUT2D eigenvalue weighted by Gasteiger charge is 2.05. The lowest BCUT2D eigenvalue weighted by Gasteiger charge is -2.07. The van der Waals surface area contributed by atoms with Gasteiger partial charge in [-0.05, 0) is 55.8 Å². The summed E-state index contributed by atoms with van der Waals surface area (Å²) >= 11 is 0. The van der Waals surface area contributed by atoms with Gasteiger partial charge >= 0.3 is 0 Å². The summed E-state index contributed by atoms with van der Waals surface area (Å²) in [4.78, 5) is 11.9. The molecule has 8 nitrogen and oxygen atoms in total. The minimum Gasteiger partial charge on any atom is -0.497 e. The van der Waals surface area contributed by atoms with Crippen LogP contribution >= 0.6 is 0 Å². The molecule has 0 saturated carbocycles. The van der Waals surface area contributed by atoms with Gasteiger partial charge in [-0.3, -0.25) is 4.79 Å². The van der Waals surface area contributed by atoms with Gasteiger partial charge in [0.25, 0.3) is 0 Å². The molecule has 1 aromatic carbocycles. The van der Waals surface area contributed by atoms with E-state index in [4.69, 9.17) is 4.74 Å². The van der Waals surface area contributed by atoms with Crippen LogP contribution in [0, 0.1) is 13.8 Å². The Kier molecular flexibility index (Phi) is 6.57. The summed E-state index contributed by atoms with van der Waals surface area (Å²) in [6.07, 6.45) is 3.26. The number of carbonyl (C=O) groups excluding carboxylic acids is 1. The van der Waals surface area contributed by atoms with E-state index in [-0.39, 0.29) is 5.91 Å². The zero-order valence-corrected chi connectivity index (χ0v) is 16.7. The van der Waals surface area contributed by atoms with Crippen molar-refractivity contribution >= 4 is 17.8 Å². The number of methoxy groups -OCH3 is 1.